The summed E-state index contributed by atoms with van der Waals surface area (Å²) in [6, 6.07) is 8.79. The molecule has 0 bridgehead atoms. The van der Waals surface area contributed by atoms with Gasteiger partial charge in [-0.25, -0.2) is 0 Å². The summed E-state index contributed by atoms with van der Waals surface area (Å²) in [4.78, 5) is 1.38. The maximum Gasteiger partial charge on any atom is 0.0247 e. The average Bonchev–Trinajstić information content (AvgIpc) is 2.07. The molecule has 0 saturated heterocycles. The molecule has 0 aliphatic rings. The van der Waals surface area contributed by atoms with Gasteiger partial charge in [0.25, 0.3) is 0 Å². The van der Waals surface area contributed by atoms with Crippen LogP contribution in [-0.4, -0.2) is 5.75 Å². The predicted molar refractivity (Wildman–Crippen MR) is 60.6 cm³/mol. The maximum atomic E-state index is 2.38. The van der Waals surface area contributed by atoms with Crippen LogP contribution in [0.4, 0.5) is 0 Å². The van der Waals surface area contributed by atoms with Crippen LogP contribution >= 0.6 is 34.4 Å². The Hall–Kier alpha value is 0.300. The third kappa shape index (κ3) is 3.03. The van der Waals surface area contributed by atoms with Crippen LogP contribution in [0.15, 0.2) is 29.2 Å². The van der Waals surface area contributed by atoms with Gasteiger partial charge in [0.15, 0.2) is 0 Å². The second-order valence-electron chi connectivity index (χ2n) is 2.21. The summed E-state index contributed by atoms with van der Waals surface area (Å²) >= 11 is 4.27. The van der Waals surface area contributed by atoms with Crippen molar-refractivity contribution in [2.24, 2.45) is 0 Å². The average molecular weight is 278 g/mol. The largest absolute Gasteiger partial charge is 0.126 e. The summed E-state index contributed by atoms with van der Waals surface area (Å²) < 4.78 is 1.11. The van der Waals surface area contributed by atoms with E-state index in [1.54, 1.807) is 0 Å². The van der Waals surface area contributed by atoms with Gasteiger partial charge in [-0.15, -0.1) is 11.8 Å². The Balaban J connectivity index is 2.66. The highest BCUT2D eigenvalue weighted by Crippen LogP contribution is 2.18. The normalized spacial score (nSPS) is 10.0. The summed E-state index contributed by atoms with van der Waals surface area (Å²) in [7, 11) is 0. The summed E-state index contributed by atoms with van der Waals surface area (Å²) in [5.41, 5.74) is 1.41. The SMILES string of the molecule is CCSc1ccc(CI)cc1. The van der Waals surface area contributed by atoms with E-state index < -0.39 is 0 Å². The van der Waals surface area contributed by atoms with E-state index in [9.17, 15) is 0 Å². The lowest BCUT2D eigenvalue weighted by atomic mass is 10.2. The maximum absolute atomic E-state index is 2.38. The molecule has 0 aliphatic heterocycles. The van der Waals surface area contributed by atoms with Crippen molar-refractivity contribution >= 4 is 34.4 Å². The number of alkyl halides is 1. The molecular formula is C9H11IS. The first-order valence-corrected chi connectivity index (χ1v) is 6.15. The molecule has 0 fully saturated rings. The van der Waals surface area contributed by atoms with Gasteiger partial charge in [-0.05, 0) is 23.4 Å². The Morgan fingerprint density at radius 1 is 1.27 bits per heavy atom. The molecule has 0 spiro atoms. The first kappa shape index (κ1) is 9.39. The molecule has 0 heterocycles. The third-order valence-electron chi connectivity index (χ3n) is 1.39. The molecule has 1 rings (SSSR count). The van der Waals surface area contributed by atoms with Crippen molar-refractivity contribution in [2.45, 2.75) is 16.2 Å². The van der Waals surface area contributed by atoms with Crippen molar-refractivity contribution in [2.75, 3.05) is 5.75 Å². The number of benzene rings is 1. The molecule has 0 amide bonds. The molecule has 0 nitrogen and oxygen atoms in total. The van der Waals surface area contributed by atoms with E-state index >= 15 is 0 Å². The zero-order chi connectivity index (χ0) is 8.10. The van der Waals surface area contributed by atoms with E-state index in [1.807, 2.05) is 11.8 Å². The fraction of sp³-hybridized carbons (Fsp3) is 0.333. The number of halogens is 1. The van der Waals surface area contributed by atoms with Crippen molar-refractivity contribution in [3.05, 3.63) is 29.8 Å². The van der Waals surface area contributed by atoms with E-state index in [-0.39, 0.29) is 0 Å². The number of thioether (sulfide) groups is 1. The molecule has 2 heteroatoms. The van der Waals surface area contributed by atoms with Gasteiger partial charge in [-0.3, -0.25) is 0 Å². The molecular weight excluding hydrogens is 267 g/mol. The van der Waals surface area contributed by atoms with Crippen LogP contribution in [0.25, 0.3) is 0 Å². The molecule has 0 atom stereocenters. The fourth-order valence-electron chi connectivity index (χ4n) is 0.841. The Kier molecular flexibility index (Phi) is 4.30. The van der Waals surface area contributed by atoms with Gasteiger partial charge in [-0.2, -0.15) is 0 Å². The summed E-state index contributed by atoms with van der Waals surface area (Å²) in [6.07, 6.45) is 0. The minimum Gasteiger partial charge on any atom is -0.126 e. The van der Waals surface area contributed by atoms with Crippen molar-refractivity contribution in [1.82, 2.24) is 0 Å². The van der Waals surface area contributed by atoms with Crippen molar-refractivity contribution < 1.29 is 0 Å². The molecule has 0 saturated carbocycles. The minimum atomic E-state index is 1.11. The molecule has 0 unspecified atom stereocenters. The quantitative estimate of drug-likeness (QED) is 0.461. The molecule has 1 aromatic rings. The van der Waals surface area contributed by atoms with Crippen molar-refractivity contribution in [3.63, 3.8) is 0 Å². The molecule has 11 heavy (non-hydrogen) atoms. The van der Waals surface area contributed by atoms with Crippen LogP contribution in [0.5, 0.6) is 0 Å². The first-order valence-electron chi connectivity index (χ1n) is 3.64. The zero-order valence-corrected chi connectivity index (χ0v) is 9.48. The predicted octanol–water partition coefficient (Wildman–Crippen LogP) is 3.73. The molecule has 60 valence electrons. The Bertz CT molecular complexity index is 205. The highest BCUT2D eigenvalue weighted by Gasteiger charge is 1.91. The van der Waals surface area contributed by atoms with Gasteiger partial charge >= 0.3 is 0 Å². The van der Waals surface area contributed by atoms with Gasteiger partial charge in [0.05, 0.1) is 0 Å². The summed E-state index contributed by atoms with van der Waals surface area (Å²) in [6.45, 7) is 2.18. The smallest absolute Gasteiger partial charge is 0.0247 e. The third-order valence-corrected chi connectivity index (χ3v) is 3.16. The number of hydrogen-bond acceptors (Lipinski definition) is 1. The molecule has 0 N–H and O–H groups in total. The zero-order valence-electron chi connectivity index (χ0n) is 6.51. The second kappa shape index (κ2) is 5.04. The van der Waals surface area contributed by atoms with E-state index in [2.05, 4.69) is 53.8 Å². The van der Waals surface area contributed by atoms with Gasteiger partial charge < -0.3 is 0 Å². The van der Waals surface area contributed by atoms with Gasteiger partial charge in [-0.1, -0.05) is 41.6 Å². The van der Waals surface area contributed by atoms with E-state index in [0.717, 1.165) is 10.2 Å². The van der Waals surface area contributed by atoms with Crippen LogP contribution < -0.4 is 0 Å². The fourth-order valence-corrected chi connectivity index (χ4v) is 2.01. The Labute approximate surface area is 85.9 Å². The summed E-state index contributed by atoms with van der Waals surface area (Å²) in [5, 5.41) is 0. The van der Waals surface area contributed by atoms with Gasteiger partial charge in [0.1, 0.15) is 0 Å². The number of rotatable bonds is 3. The van der Waals surface area contributed by atoms with Crippen LogP contribution in [-0.2, 0) is 4.43 Å². The lowest BCUT2D eigenvalue weighted by Crippen LogP contribution is -1.76. The van der Waals surface area contributed by atoms with E-state index in [4.69, 9.17) is 0 Å². The number of hydrogen-bond donors (Lipinski definition) is 0. The van der Waals surface area contributed by atoms with Gasteiger partial charge in [0, 0.05) is 9.32 Å². The topological polar surface area (TPSA) is 0 Å². The van der Waals surface area contributed by atoms with Crippen LogP contribution in [0.3, 0.4) is 0 Å². The monoisotopic (exact) mass is 278 g/mol. The van der Waals surface area contributed by atoms with Gasteiger partial charge in [0.2, 0.25) is 0 Å². The van der Waals surface area contributed by atoms with Crippen molar-refractivity contribution in [1.29, 1.82) is 0 Å². The lowest BCUT2D eigenvalue weighted by Gasteiger charge is -1.98. The lowest BCUT2D eigenvalue weighted by molar-refractivity contribution is 1.36. The Morgan fingerprint density at radius 2 is 1.91 bits per heavy atom. The first-order chi connectivity index (χ1) is 5.36. The second-order valence-corrected chi connectivity index (χ2v) is 4.31. The molecule has 0 aromatic heterocycles. The van der Waals surface area contributed by atoms with E-state index in [0.29, 0.717) is 0 Å². The summed E-state index contributed by atoms with van der Waals surface area (Å²) in [5.74, 6) is 1.16. The highest BCUT2D eigenvalue weighted by atomic mass is 127. The van der Waals surface area contributed by atoms with Crippen LogP contribution in [0, 0.1) is 0 Å². The van der Waals surface area contributed by atoms with Crippen molar-refractivity contribution in [3.8, 4) is 0 Å². The highest BCUT2D eigenvalue weighted by molar-refractivity contribution is 14.1. The van der Waals surface area contributed by atoms with Crippen LogP contribution in [0.1, 0.15) is 12.5 Å². The Morgan fingerprint density at radius 3 is 2.36 bits per heavy atom. The van der Waals surface area contributed by atoms with E-state index in [1.165, 1.54) is 10.5 Å². The molecule has 0 aliphatic carbocycles. The van der Waals surface area contributed by atoms with Crippen LogP contribution in [0.2, 0.25) is 0 Å². The standard InChI is InChI=1S/C9H11IS/c1-2-11-9-5-3-8(7-10)4-6-9/h3-6H,2,7H2,1H3. The minimum absolute atomic E-state index is 1.11. The molecule has 0 radical (unpaired) electrons. The molecule has 1 aromatic carbocycles.